The van der Waals surface area contributed by atoms with E-state index < -0.39 is 0 Å². The molecule has 0 radical (unpaired) electrons. The summed E-state index contributed by atoms with van der Waals surface area (Å²) in [6.45, 7) is 0.689. The number of nitrogens with two attached hydrogens (primary N) is 1. The van der Waals surface area contributed by atoms with E-state index in [4.69, 9.17) is 10.5 Å². The second kappa shape index (κ2) is 6.95. The van der Waals surface area contributed by atoms with E-state index in [1.807, 2.05) is 0 Å². The van der Waals surface area contributed by atoms with Gasteiger partial charge in [0.1, 0.15) is 5.75 Å². The third kappa shape index (κ3) is 3.98. The number of ketones is 1. The van der Waals surface area contributed by atoms with Crippen LogP contribution in [0.25, 0.3) is 0 Å². The van der Waals surface area contributed by atoms with Gasteiger partial charge in [0.25, 0.3) is 0 Å². The molecule has 0 bridgehead atoms. The molecule has 1 aromatic heterocycles. The van der Waals surface area contributed by atoms with Crippen molar-refractivity contribution in [3.63, 3.8) is 0 Å². The van der Waals surface area contributed by atoms with Crippen LogP contribution in [0.1, 0.15) is 36.0 Å². The molecule has 0 fully saturated rings. The Labute approximate surface area is 95.8 Å². The summed E-state index contributed by atoms with van der Waals surface area (Å²) in [5.41, 5.74) is 6.00. The maximum Gasteiger partial charge on any atom is 0.164 e. The van der Waals surface area contributed by atoms with E-state index in [2.05, 4.69) is 4.98 Å². The van der Waals surface area contributed by atoms with Gasteiger partial charge in [0.2, 0.25) is 0 Å². The Kier molecular flexibility index (Phi) is 5.50. The first-order chi connectivity index (χ1) is 7.77. The molecule has 0 aliphatic rings. The van der Waals surface area contributed by atoms with Crippen molar-refractivity contribution in [1.29, 1.82) is 0 Å². The second-order valence-electron chi connectivity index (χ2n) is 3.64. The van der Waals surface area contributed by atoms with Crippen LogP contribution in [0.2, 0.25) is 0 Å². The summed E-state index contributed by atoms with van der Waals surface area (Å²) in [5.74, 6) is 0.733. The zero-order valence-electron chi connectivity index (χ0n) is 9.61. The predicted octanol–water partition coefficient (Wildman–Crippen LogP) is 1.79. The molecule has 0 amide bonds. The number of aromatic nitrogens is 1. The summed E-state index contributed by atoms with van der Waals surface area (Å²) < 4.78 is 5.02. The number of methoxy groups -OCH3 is 1. The van der Waals surface area contributed by atoms with Gasteiger partial charge in [0, 0.05) is 18.2 Å². The zero-order valence-corrected chi connectivity index (χ0v) is 9.61. The van der Waals surface area contributed by atoms with Crippen LogP contribution in [0.5, 0.6) is 5.75 Å². The molecule has 0 aliphatic heterocycles. The van der Waals surface area contributed by atoms with Crippen LogP contribution in [0.3, 0.4) is 0 Å². The minimum atomic E-state index is 0.114. The second-order valence-corrected chi connectivity index (χ2v) is 3.64. The number of unbranched alkanes of at least 4 members (excludes halogenated alkanes) is 2. The fourth-order valence-electron chi connectivity index (χ4n) is 1.43. The molecule has 1 heterocycles. The van der Waals surface area contributed by atoms with Crippen molar-refractivity contribution < 1.29 is 9.53 Å². The average molecular weight is 222 g/mol. The first-order valence-corrected chi connectivity index (χ1v) is 5.50. The molecule has 0 saturated carbocycles. The average Bonchev–Trinajstić information content (AvgIpc) is 2.34. The van der Waals surface area contributed by atoms with Crippen LogP contribution >= 0.6 is 0 Å². The van der Waals surface area contributed by atoms with Crippen LogP contribution in [0, 0.1) is 0 Å². The Morgan fingerprint density at radius 3 is 2.88 bits per heavy atom. The van der Waals surface area contributed by atoms with Gasteiger partial charge >= 0.3 is 0 Å². The molecule has 2 N–H and O–H groups in total. The quantitative estimate of drug-likeness (QED) is 0.564. The SMILES string of the molecule is COc1cncc(C(=O)CCCCCN)c1. The molecule has 0 saturated heterocycles. The molecule has 4 nitrogen and oxygen atoms in total. The highest BCUT2D eigenvalue weighted by Gasteiger charge is 2.06. The standard InChI is InChI=1S/C12H18N2O2/c1-16-11-7-10(8-14-9-11)12(15)5-3-2-4-6-13/h7-9H,2-6,13H2,1H3. The lowest BCUT2D eigenvalue weighted by Crippen LogP contribution is -2.02. The molecule has 1 aromatic rings. The topological polar surface area (TPSA) is 65.2 Å². The fourth-order valence-corrected chi connectivity index (χ4v) is 1.43. The number of nitrogens with zero attached hydrogens (tertiary/aromatic N) is 1. The summed E-state index contributed by atoms with van der Waals surface area (Å²) in [7, 11) is 1.56. The van der Waals surface area contributed by atoms with E-state index in [-0.39, 0.29) is 5.78 Å². The van der Waals surface area contributed by atoms with Crippen LogP contribution in [-0.2, 0) is 0 Å². The summed E-state index contributed by atoms with van der Waals surface area (Å²) in [4.78, 5) is 15.7. The molecule has 1 rings (SSSR count). The van der Waals surface area contributed by atoms with Gasteiger partial charge in [-0.2, -0.15) is 0 Å². The van der Waals surface area contributed by atoms with Gasteiger partial charge in [-0.1, -0.05) is 6.42 Å². The normalized spacial score (nSPS) is 10.1. The maximum absolute atomic E-state index is 11.7. The maximum atomic E-state index is 11.7. The largest absolute Gasteiger partial charge is 0.495 e. The zero-order chi connectivity index (χ0) is 11.8. The summed E-state index contributed by atoms with van der Waals surface area (Å²) in [6.07, 6.45) is 6.57. The van der Waals surface area contributed by atoms with Gasteiger partial charge in [-0.15, -0.1) is 0 Å². The highest BCUT2D eigenvalue weighted by molar-refractivity contribution is 5.96. The van der Waals surface area contributed by atoms with E-state index in [9.17, 15) is 4.79 Å². The number of hydrogen-bond donors (Lipinski definition) is 1. The predicted molar refractivity (Wildman–Crippen MR) is 62.6 cm³/mol. The highest BCUT2D eigenvalue weighted by atomic mass is 16.5. The Morgan fingerprint density at radius 1 is 1.38 bits per heavy atom. The Morgan fingerprint density at radius 2 is 2.19 bits per heavy atom. The minimum absolute atomic E-state index is 0.114. The molecule has 0 aromatic carbocycles. The Bertz CT molecular complexity index is 340. The minimum Gasteiger partial charge on any atom is -0.495 e. The Balaban J connectivity index is 2.46. The van der Waals surface area contributed by atoms with Gasteiger partial charge in [-0.25, -0.2) is 0 Å². The first-order valence-electron chi connectivity index (χ1n) is 5.50. The summed E-state index contributed by atoms with van der Waals surface area (Å²) >= 11 is 0. The molecule has 88 valence electrons. The van der Waals surface area contributed by atoms with Gasteiger partial charge < -0.3 is 10.5 Å². The molecule has 0 atom stereocenters. The van der Waals surface area contributed by atoms with Gasteiger partial charge in [0.15, 0.2) is 5.78 Å². The summed E-state index contributed by atoms with van der Waals surface area (Å²) in [6, 6.07) is 1.72. The third-order valence-electron chi connectivity index (χ3n) is 2.38. The molecule has 16 heavy (non-hydrogen) atoms. The lowest BCUT2D eigenvalue weighted by Gasteiger charge is -2.03. The van der Waals surface area contributed by atoms with Crippen molar-refractivity contribution in [2.45, 2.75) is 25.7 Å². The van der Waals surface area contributed by atoms with Crippen LogP contribution < -0.4 is 10.5 Å². The first kappa shape index (κ1) is 12.6. The van der Waals surface area contributed by atoms with Crippen LogP contribution in [0.15, 0.2) is 18.5 Å². The number of carbonyl (C=O) groups is 1. The lowest BCUT2D eigenvalue weighted by molar-refractivity contribution is 0.0978. The molecule has 0 aliphatic carbocycles. The number of pyridine rings is 1. The van der Waals surface area contributed by atoms with E-state index in [0.29, 0.717) is 24.3 Å². The number of Topliss-reactive ketones (excluding diaryl/α,β-unsaturated/α-hetero) is 1. The van der Waals surface area contributed by atoms with Crippen molar-refractivity contribution in [3.8, 4) is 5.75 Å². The van der Waals surface area contributed by atoms with Crippen molar-refractivity contribution in [1.82, 2.24) is 4.98 Å². The van der Waals surface area contributed by atoms with Crippen molar-refractivity contribution in [3.05, 3.63) is 24.0 Å². The molecular formula is C12H18N2O2. The van der Waals surface area contributed by atoms with Crippen molar-refractivity contribution in [2.24, 2.45) is 5.73 Å². The number of hydrogen-bond acceptors (Lipinski definition) is 4. The van der Waals surface area contributed by atoms with Crippen LogP contribution in [0.4, 0.5) is 0 Å². The van der Waals surface area contributed by atoms with Crippen molar-refractivity contribution >= 4 is 5.78 Å². The van der Waals surface area contributed by atoms with E-state index in [1.165, 1.54) is 0 Å². The molecule has 4 heteroatoms. The van der Waals surface area contributed by atoms with E-state index in [0.717, 1.165) is 19.3 Å². The number of carbonyl (C=O) groups excluding carboxylic acids is 1. The fraction of sp³-hybridized carbons (Fsp3) is 0.500. The third-order valence-corrected chi connectivity index (χ3v) is 2.38. The van der Waals surface area contributed by atoms with Crippen LogP contribution in [-0.4, -0.2) is 24.4 Å². The number of ether oxygens (including phenoxy) is 1. The van der Waals surface area contributed by atoms with Crippen molar-refractivity contribution in [2.75, 3.05) is 13.7 Å². The van der Waals surface area contributed by atoms with Gasteiger partial charge in [-0.05, 0) is 25.5 Å². The summed E-state index contributed by atoms with van der Waals surface area (Å²) in [5, 5.41) is 0. The molecule has 0 unspecified atom stereocenters. The molecular weight excluding hydrogens is 204 g/mol. The Hall–Kier alpha value is -1.42. The monoisotopic (exact) mass is 222 g/mol. The number of rotatable bonds is 7. The highest BCUT2D eigenvalue weighted by Crippen LogP contribution is 2.13. The lowest BCUT2D eigenvalue weighted by atomic mass is 10.1. The van der Waals surface area contributed by atoms with E-state index >= 15 is 0 Å². The van der Waals surface area contributed by atoms with Gasteiger partial charge in [0.05, 0.1) is 13.3 Å². The van der Waals surface area contributed by atoms with E-state index in [1.54, 1.807) is 25.6 Å². The smallest absolute Gasteiger partial charge is 0.164 e. The molecule has 0 spiro atoms. The van der Waals surface area contributed by atoms with Gasteiger partial charge in [-0.3, -0.25) is 9.78 Å².